The minimum absolute atomic E-state index is 0.0939. The Hall–Kier alpha value is -1.39. The summed E-state index contributed by atoms with van der Waals surface area (Å²) in [5, 5.41) is 3.68. The first-order chi connectivity index (χ1) is 11.8. The molecule has 0 spiro atoms. The first-order valence-electron chi connectivity index (χ1n) is 9.40. The van der Waals surface area contributed by atoms with Gasteiger partial charge in [0.15, 0.2) is 0 Å². The molecule has 0 aromatic heterocycles. The average Bonchev–Trinajstić information content (AvgIpc) is 3.10. The summed E-state index contributed by atoms with van der Waals surface area (Å²) in [5.41, 5.74) is 2.09. The molecule has 1 aliphatic heterocycles. The number of hydrogen-bond donors (Lipinski definition) is 1. The van der Waals surface area contributed by atoms with Crippen LogP contribution in [0.4, 0.5) is 0 Å². The number of ether oxygens (including phenoxy) is 2. The number of rotatable bonds is 5. The lowest BCUT2D eigenvalue weighted by atomic mass is 9.95. The number of hydrogen-bond acceptors (Lipinski definition) is 4. The van der Waals surface area contributed by atoms with Crippen LogP contribution in [0.1, 0.15) is 52.4 Å². The molecule has 0 aromatic carbocycles. The van der Waals surface area contributed by atoms with E-state index in [9.17, 15) is 0 Å². The summed E-state index contributed by atoms with van der Waals surface area (Å²) < 4.78 is 11.6. The summed E-state index contributed by atoms with van der Waals surface area (Å²) in [5.74, 6) is 0.874. The minimum atomic E-state index is 0.0939. The SMILES string of the molecule is C/C=C1/C=CC=C(OC2CCOC2)/C1=N/C(C)NC1CCCCC1. The van der Waals surface area contributed by atoms with Gasteiger partial charge in [-0.3, -0.25) is 10.3 Å². The number of aliphatic imine (C=N–C) groups is 1. The van der Waals surface area contributed by atoms with Gasteiger partial charge in [-0.1, -0.05) is 37.5 Å². The zero-order valence-electron chi connectivity index (χ0n) is 15.0. The molecule has 132 valence electrons. The van der Waals surface area contributed by atoms with Gasteiger partial charge in [0.1, 0.15) is 17.6 Å². The van der Waals surface area contributed by atoms with Crippen LogP contribution in [-0.2, 0) is 9.47 Å². The van der Waals surface area contributed by atoms with Crippen LogP contribution in [0.25, 0.3) is 0 Å². The zero-order chi connectivity index (χ0) is 16.8. The smallest absolute Gasteiger partial charge is 0.145 e. The normalized spacial score (nSPS) is 29.9. The second-order valence-corrected chi connectivity index (χ2v) is 6.89. The molecule has 4 nitrogen and oxygen atoms in total. The third-order valence-electron chi connectivity index (χ3n) is 4.93. The number of nitrogens with one attached hydrogen (secondary N) is 1. The quantitative estimate of drug-likeness (QED) is 0.831. The van der Waals surface area contributed by atoms with Crippen molar-refractivity contribution in [2.45, 2.75) is 70.7 Å². The van der Waals surface area contributed by atoms with Gasteiger partial charge in [-0.2, -0.15) is 0 Å². The molecule has 1 saturated carbocycles. The van der Waals surface area contributed by atoms with Crippen molar-refractivity contribution in [3.63, 3.8) is 0 Å². The van der Waals surface area contributed by atoms with Gasteiger partial charge in [-0.05, 0) is 38.3 Å². The average molecular weight is 330 g/mol. The van der Waals surface area contributed by atoms with Gasteiger partial charge in [0.05, 0.1) is 19.4 Å². The van der Waals surface area contributed by atoms with Crippen molar-refractivity contribution in [3.05, 3.63) is 35.6 Å². The number of nitrogens with zero attached hydrogens (tertiary/aromatic N) is 1. The lowest BCUT2D eigenvalue weighted by molar-refractivity contribution is 0.101. The van der Waals surface area contributed by atoms with E-state index < -0.39 is 0 Å². The predicted molar refractivity (Wildman–Crippen MR) is 98.2 cm³/mol. The Morgan fingerprint density at radius 2 is 2.12 bits per heavy atom. The van der Waals surface area contributed by atoms with E-state index in [0.717, 1.165) is 30.1 Å². The molecular formula is C20H30N2O2. The monoisotopic (exact) mass is 330 g/mol. The molecule has 2 unspecified atom stereocenters. The Kier molecular flexibility index (Phi) is 6.27. The van der Waals surface area contributed by atoms with Crippen molar-refractivity contribution in [1.29, 1.82) is 0 Å². The maximum absolute atomic E-state index is 6.17. The second kappa shape index (κ2) is 8.63. The molecule has 2 fully saturated rings. The van der Waals surface area contributed by atoms with Crippen LogP contribution >= 0.6 is 0 Å². The van der Waals surface area contributed by atoms with Crippen LogP contribution in [-0.4, -0.2) is 37.2 Å². The van der Waals surface area contributed by atoms with E-state index in [4.69, 9.17) is 14.5 Å². The summed E-state index contributed by atoms with van der Waals surface area (Å²) >= 11 is 0. The van der Waals surface area contributed by atoms with E-state index in [1.807, 2.05) is 12.2 Å². The van der Waals surface area contributed by atoms with Gasteiger partial charge < -0.3 is 9.47 Å². The van der Waals surface area contributed by atoms with E-state index >= 15 is 0 Å². The molecule has 2 atom stereocenters. The largest absolute Gasteiger partial charge is 0.486 e. The minimum Gasteiger partial charge on any atom is -0.486 e. The third kappa shape index (κ3) is 4.58. The fourth-order valence-corrected chi connectivity index (χ4v) is 3.63. The summed E-state index contributed by atoms with van der Waals surface area (Å²) in [6.45, 7) is 5.66. The molecule has 1 N–H and O–H groups in total. The van der Waals surface area contributed by atoms with Gasteiger partial charge in [-0.25, -0.2) is 0 Å². The van der Waals surface area contributed by atoms with Gasteiger partial charge in [0.2, 0.25) is 0 Å². The highest BCUT2D eigenvalue weighted by molar-refractivity contribution is 6.14. The molecule has 3 aliphatic rings. The Bertz CT molecular complexity index is 536. The van der Waals surface area contributed by atoms with E-state index in [2.05, 4.69) is 31.3 Å². The highest BCUT2D eigenvalue weighted by Gasteiger charge is 2.23. The van der Waals surface area contributed by atoms with Crippen LogP contribution in [0.3, 0.4) is 0 Å². The maximum atomic E-state index is 6.17. The second-order valence-electron chi connectivity index (χ2n) is 6.89. The van der Waals surface area contributed by atoms with Gasteiger partial charge in [0.25, 0.3) is 0 Å². The molecule has 3 rings (SSSR count). The topological polar surface area (TPSA) is 42.9 Å². The zero-order valence-corrected chi connectivity index (χ0v) is 15.0. The van der Waals surface area contributed by atoms with E-state index in [0.29, 0.717) is 12.6 Å². The summed E-state index contributed by atoms with van der Waals surface area (Å²) in [4.78, 5) is 4.96. The molecule has 0 aromatic rings. The van der Waals surface area contributed by atoms with Crippen molar-refractivity contribution in [2.75, 3.05) is 13.2 Å². The molecule has 0 amide bonds. The summed E-state index contributed by atoms with van der Waals surface area (Å²) in [7, 11) is 0. The molecule has 1 saturated heterocycles. The Morgan fingerprint density at radius 1 is 1.29 bits per heavy atom. The number of allylic oxidation sites excluding steroid dienone is 5. The van der Waals surface area contributed by atoms with Crippen LogP contribution < -0.4 is 5.32 Å². The highest BCUT2D eigenvalue weighted by atomic mass is 16.5. The Labute approximate surface area is 145 Å². The third-order valence-corrected chi connectivity index (χ3v) is 4.93. The fourth-order valence-electron chi connectivity index (χ4n) is 3.63. The van der Waals surface area contributed by atoms with E-state index in [1.165, 1.54) is 32.1 Å². The predicted octanol–water partition coefficient (Wildman–Crippen LogP) is 3.90. The van der Waals surface area contributed by atoms with Crippen molar-refractivity contribution in [3.8, 4) is 0 Å². The molecule has 4 heteroatoms. The molecule has 2 aliphatic carbocycles. The van der Waals surface area contributed by atoms with E-state index in [-0.39, 0.29) is 12.3 Å². The van der Waals surface area contributed by atoms with Crippen molar-refractivity contribution in [1.82, 2.24) is 5.32 Å². The van der Waals surface area contributed by atoms with Crippen LogP contribution in [0.2, 0.25) is 0 Å². The maximum Gasteiger partial charge on any atom is 0.145 e. The first-order valence-corrected chi connectivity index (χ1v) is 9.40. The Morgan fingerprint density at radius 3 is 2.83 bits per heavy atom. The summed E-state index contributed by atoms with van der Waals surface area (Å²) in [6, 6.07) is 0.600. The molecule has 0 bridgehead atoms. The lowest BCUT2D eigenvalue weighted by Crippen LogP contribution is -2.37. The fraction of sp³-hybridized carbons (Fsp3) is 0.650. The van der Waals surface area contributed by atoms with E-state index in [1.54, 1.807) is 0 Å². The van der Waals surface area contributed by atoms with Crippen molar-refractivity contribution < 1.29 is 9.47 Å². The standard InChI is InChI=1S/C20H30N2O2/c1-3-16-8-7-11-19(24-18-12-13-23-14-18)20(16)22-15(2)21-17-9-5-4-6-10-17/h3,7-8,11,15,17-18,21H,4-6,9-10,12-14H2,1-2H3/b16-3-,22-20+. The van der Waals surface area contributed by atoms with Gasteiger partial charge in [0, 0.05) is 12.5 Å². The molecular weight excluding hydrogens is 300 g/mol. The summed E-state index contributed by atoms with van der Waals surface area (Å²) in [6.07, 6.45) is 16.0. The molecule has 1 heterocycles. The lowest BCUT2D eigenvalue weighted by Gasteiger charge is -2.26. The Balaban J connectivity index is 1.69. The van der Waals surface area contributed by atoms with Crippen LogP contribution in [0.15, 0.2) is 40.6 Å². The first kappa shape index (κ1) is 17.4. The van der Waals surface area contributed by atoms with Gasteiger partial charge >= 0.3 is 0 Å². The molecule has 24 heavy (non-hydrogen) atoms. The van der Waals surface area contributed by atoms with Gasteiger partial charge in [-0.15, -0.1) is 0 Å². The van der Waals surface area contributed by atoms with Crippen molar-refractivity contribution >= 4 is 5.71 Å². The van der Waals surface area contributed by atoms with Crippen LogP contribution in [0.5, 0.6) is 0 Å². The van der Waals surface area contributed by atoms with Crippen LogP contribution in [0, 0.1) is 0 Å². The van der Waals surface area contributed by atoms with Crippen molar-refractivity contribution in [2.24, 2.45) is 4.99 Å². The highest BCUT2D eigenvalue weighted by Crippen LogP contribution is 2.22. The molecule has 0 radical (unpaired) electrons.